The van der Waals surface area contributed by atoms with Crippen LogP contribution < -0.4 is 4.74 Å². The molecule has 0 spiro atoms. The highest BCUT2D eigenvalue weighted by molar-refractivity contribution is 6.30. The Morgan fingerprint density at radius 3 is 2.56 bits per heavy atom. The fourth-order valence-corrected chi connectivity index (χ4v) is 1.67. The first-order chi connectivity index (χ1) is 8.56. The van der Waals surface area contributed by atoms with E-state index in [1.807, 2.05) is 0 Å². The Balaban J connectivity index is 2.11. The Morgan fingerprint density at radius 1 is 1.06 bits per heavy atom. The zero-order valence-corrected chi connectivity index (χ0v) is 10.5. The molecule has 2 aromatic rings. The molecule has 0 amide bonds. The van der Waals surface area contributed by atoms with Gasteiger partial charge in [-0.25, -0.2) is 8.78 Å². The average Bonchev–Trinajstić information content (AvgIpc) is 2.34. The molecule has 0 aliphatic carbocycles. The van der Waals surface area contributed by atoms with E-state index in [2.05, 4.69) is 0 Å². The largest absolute Gasteiger partial charge is 0.489 e. The fourth-order valence-electron chi connectivity index (χ4n) is 1.48. The van der Waals surface area contributed by atoms with Gasteiger partial charge in [-0.3, -0.25) is 0 Å². The maximum atomic E-state index is 13.4. The zero-order valence-electron chi connectivity index (χ0n) is 9.71. The molecule has 0 aliphatic rings. The molecule has 0 radical (unpaired) electrons. The van der Waals surface area contributed by atoms with Crippen LogP contribution in [0.25, 0.3) is 0 Å². The van der Waals surface area contributed by atoms with E-state index in [0.717, 1.165) is 0 Å². The monoisotopic (exact) mass is 268 g/mol. The van der Waals surface area contributed by atoms with Crippen LogP contribution in [-0.2, 0) is 6.61 Å². The van der Waals surface area contributed by atoms with Gasteiger partial charge in [0, 0.05) is 16.7 Å². The molecule has 0 fully saturated rings. The van der Waals surface area contributed by atoms with Crippen LogP contribution in [0.2, 0.25) is 5.02 Å². The Kier molecular flexibility index (Phi) is 3.82. The first-order valence-corrected chi connectivity index (χ1v) is 5.77. The summed E-state index contributed by atoms with van der Waals surface area (Å²) in [6.07, 6.45) is 0. The van der Waals surface area contributed by atoms with Crippen LogP contribution in [0.1, 0.15) is 11.1 Å². The van der Waals surface area contributed by atoms with Gasteiger partial charge in [-0.05, 0) is 36.8 Å². The van der Waals surface area contributed by atoms with Crippen molar-refractivity contribution in [2.45, 2.75) is 13.5 Å². The number of hydrogen-bond acceptors (Lipinski definition) is 1. The van der Waals surface area contributed by atoms with Crippen LogP contribution in [-0.4, -0.2) is 0 Å². The summed E-state index contributed by atoms with van der Waals surface area (Å²) in [5.74, 6) is -0.386. The summed E-state index contributed by atoms with van der Waals surface area (Å²) in [4.78, 5) is 0. The van der Waals surface area contributed by atoms with Crippen molar-refractivity contribution in [1.29, 1.82) is 0 Å². The molecule has 18 heavy (non-hydrogen) atoms. The van der Waals surface area contributed by atoms with Gasteiger partial charge in [0.1, 0.15) is 24.0 Å². The second kappa shape index (κ2) is 5.36. The van der Waals surface area contributed by atoms with Crippen molar-refractivity contribution in [1.82, 2.24) is 0 Å². The van der Waals surface area contributed by atoms with Crippen molar-refractivity contribution in [3.63, 3.8) is 0 Å². The van der Waals surface area contributed by atoms with Gasteiger partial charge in [-0.2, -0.15) is 0 Å². The Morgan fingerprint density at radius 2 is 1.83 bits per heavy atom. The first kappa shape index (κ1) is 12.8. The molecule has 0 atom stereocenters. The van der Waals surface area contributed by atoms with Crippen LogP contribution in [0.15, 0.2) is 36.4 Å². The van der Waals surface area contributed by atoms with Gasteiger partial charge in [0.25, 0.3) is 0 Å². The van der Waals surface area contributed by atoms with Crippen LogP contribution in [0, 0.1) is 18.6 Å². The van der Waals surface area contributed by atoms with E-state index >= 15 is 0 Å². The lowest BCUT2D eigenvalue weighted by Gasteiger charge is -2.08. The Hall–Kier alpha value is -1.61. The van der Waals surface area contributed by atoms with Crippen molar-refractivity contribution in [2.24, 2.45) is 0 Å². The number of rotatable bonds is 3. The summed E-state index contributed by atoms with van der Waals surface area (Å²) in [5, 5.41) is 0.435. The summed E-state index contributed by atoms with van der Waals surface area (Å²) in [7, 11) is 0. The Bertz CT molecular complexity index is 570. The summed E-state index contributed by atoms with van der Waals surface area (Å²) in [5.41, 5.74) is 0.875. The minimum absolute atomic E-state index is 0.00882. The molecule has 0 bridgehead atoms. The molecule has 94 valence electrons. The van der Waals surface area contributed by atoms with Gasteiger partial charge >= 0.3 is 0 Å². The van der Waals surface area contributed by atoms with E-state index in [1.165, 1.54) is 24.3 Å². The highest BCUT2D eigenvalue weighted by atomic mass is 35.5. The first-order valence-electron chi connectivity index (χ1n) is 5.39. The second-order valence-corrected chi connectivity index (χ2v) is 4.37. The van der Waals surface area contributed by atoms with Gasteiger partial charge in [-0.15, -0.1) is 0 Å². The molecule has 2 aromatic carbocycles. The minimum atomic E-state index is -0.396. The summed E-state index contributed by atoms with van der Waals surface area (Å²) >= 11 is 5.76. The third kappa shape index (κ3) is 2.99. The fraction of sp³-hybridized carbons (Fsp3) is 0.143. The molecule has 0 N–H and O–H groups in total. The van der Waals surface area contributed by atoms with Crippen molar-refractivity contribution in [2.75, 3.05) is 0 Å². The van der Waals surface area contributed by atoms with E-state index in [1.54, 1.807) is 19.1 Å². The van der Waals surface area contributed by atoms with Gasteiger partial charge in [0.05, 0.1) is 0 Å². The maximum Gasteiger partial charge on any atom is 0.129 e. The normalized spacial score (nSPS) is 10.4. The predicted molar refractivity (Wildman–Crippen MR) is 66.9 cm³/mol. The number of aryl methyl sites for hydroxylation is 1. The maximum absolute atomic E-state index is 13.4. The van der Waals surface area contributed by atoms with Crippen molar-refractivity contribution >= 4 is 11.6 Å². The molecular formula is C14H11ClF2O. The van der Waals surface area contributed by atoms with Crippen molar-refractivity contribution in [3.8, 4) is 5.75 Å². The Labute approximate surface area is 109 Å². The van der Waals surface area contributed by atoms with E-state index in [9.17, 15) is 8.78 Å². The number of hydrogen-bond donors (Lipinski definition) is 0. The molecule has 0 aromatic heterocycles. The quantitative estimate of drug-likeness (QED) is 0.796. The highest BCUT2D eigenvalue weighted by Gasteiger charge is 2.05. The van der Waals surface area contributed by atoms with E-state index in [-0.39, 0.29) is 12.4 Å². The second-order valence-electron chi connectivity index (χ2n) is 3.94. The SMILES string of the molecule is Cc1ccc(OCc2cc(Cl)ccc2F)cc1F. The molecule has 0 unspecified atom stereocenters. The molecular weight excluding hydrogens is 258 g/mol. The average molecular weight is 269 g/mol. The highest BCUT2D eigenvalue weighted by Crippen LogP contribution is 2.20. The van der Waals surface area contributed by atoms with Crippen LogP contribution in [0.3, 0.4) is 0 Å². The van der Waals surface area contributed by atoms with Crippen LogP contribution in [0.4, 0.5) is 8.78 Å². The molecule has 0 saturated heterocycles. The van der Waals surface area contributed by atoms with Crippen molar-refractivity contribution in [3.05, 3.63) is 64.2 Å². The summed E-state index contributed by atoms with van der Waals surface area (Å²) in [6.45, 7) is 1.67. The van der Waals surface area contributed by atoms with Gasteiger partial charge in [-0.1, -0.05) is 17.7 Å². The number of ether oxygens (including phenoxy) is 1. The van der Waals surface area contributed by atoms with E-state index in [0.29, 0.717) is 21.9 Å². The number of benzene rings is 2. The lowest BCUT2D eigenvalue weighted by Crippen LogP contribution is -1.99. The lowest BCUT2D eigenvalue weighted by atomic mass is 10.2. The summed E-state index contributed by atoms with van der Waals surface area (Å²) in [6, 6.07) is 8.75. The predicted octanol–water partition coefficient (Wildman–Crippen LogP) is 4.51. The van der Waals surface area contributed by atoms with Gasteiger partial charge in [0.2, 0.25) is 0 Å². The van der Waals surface area contributed by atoms with Gasteiger partial charge in [0.15, 0.2) is 0 Å². The zero-order chi connectivity index (χ0) is 13.1. The minimum Gasteiger partial charge on any atom is -0.489 e. The number of halogens is 3. The van der Waals surface area contributed by atoms with E-state index < -0.39 is 5.82 Å². The summed E-state index contributed by atoms with van der Waals surface area (Å²) < 4.78 is 32.0. The van der Waals surface area contributed by atoms with Crippen LogP contribution >= 0.6 is 11.6 Å². The third-order valence-electron chi connectivity index (χ3n) is 2.55. The third-order valence-corrected chi connectivity index (χ3v) is 2.78. The van der Waals surface area contributed by atoms with Crippen LogP contribution in [0.5, 0.6) is 5.75 Å². The standard InChI is InChI=1S/C14H11ClF2O/c1-9-2-4-12(7-14(9)17)18-8-10-6-11(15)3-5-13(10)16/h2-7H,8H2,1H3. The molecule has 0 aliphatic heterocycles. The topological polar surface area (TPSA) is 9.23 Å². The van der Waals surface area contributed by atoms with E-state index in [4.69, 9.17) is 16.3 Å². The smallest absolute Gasteiger partial charge is 0.129 e. The molecule has 0 saturated carbocycles. The lowest BCUT2D eigenvalue weighted by molar-refractivity contribution is 0.298. The van der Waals surface area contributed by atoms with Crippen molar-refractivity contribution < 1.29 is 13.5 Å². The van der Waals surface area contributed by atoms with Gasteiger partial charge < -0.3 is 4.74 Å². The molecule has 4 heteroatoms. The molecule has 1 nitrogen and oxygen atoms in total. The molecule has 2 rings (SSSR count). The molecule has 0 heterocycles.